The number of carbonyl (C=O) groups is 1. The van der Waals surface area contributed by atoms with E-state index in [0.717, 1.165) is 6.42 Å². The SMILES string of the molecule is Cc1c(C(=O)NCCC(C)(C)C)cc(Cl)cc1S(N)(=O)=O. The standard InChI is InChI=1S/C14H21ClN2O3S/c1-9-11(13(18)17-6-5-14(2,3)4)7-10(15)8-12(9)21(16,19)20/h7-8H,5-6H2,1-4H3,(H,17,18)(H2,16,19,20). The number of primary sulfonamides is 1. The van der Waals surface area contributed by atoms with Crippen molar-refractivity contribution >= 4 is 27.5 Å². The van der Waals surface area contributed by atoms with Gasteiger partial charge in [-0.1, -0.05) is 32.4 Å². The van der Waals surface area contributed by atoms with E-state index in [4.69, 9.17) is 16.7 Å². The quantitative estimate of drug-likeness (QED) is 0.887. The Bertz CT molecular complexity index is 649. The molecule has 3 N–H and O–H groups in total. The molecule has 0 aliphatic rings. The van der Waals surface area contributed by atoms with Crippen molar-refractivity contribution in [1.82, 2.24) is 5.32 Å². The first-order valence-corrected chi connectivity index (χ1v) is 8.45. The third-order valence-corrected chi connectivity index (χ3v) is 4.29. The lowest BCUT2D eigenvalue weighted by molar-refractivity contribution is 0.0948. The summed E-state index contributed by atoms with van der Waals surface area (Å²) in [6.45, 7) is 8.25. The van der Waals surface area contributed by atoms with Crippen molar-refractivity contribution < 1.29 is 13.2 Å². The van der Waals surface area contributed by atoms with Crippen LogP contribution < -0.4 is 10.5 Å². The lowest BCUT2D eigenvalue weighted by Gasteiger charge is -2.18. The minimum atomic E-state index is -3.92. The number of nitrogens with two attached hydrogens (primary N) is 1. The van der Waals surface area contributed by atoms with Crippen LogP contribution in [0, 0.1) is 12.3 Å². The van der Waals surface area contributed by atoms with Crippen LogP contribution in [0.4, 0.5) is 0 Å². The van der Waals surface area contributed by atoms with Crippen molar-refractivity contribution in [3.63, 3.8) is 0 Å². The van der Waals surface area contributed by atoms with Gasteiger partial charge in [-0.2, -0.15) is 0 Å². The third-order valence-electron chi connectivity index (χ3n) is 3.04. The third kappa shape index (κ3) is 5.30. The second-order valence-corrected chi connectivity index (χ2v) is 8.15. The summed E-state index contributed by atoms with van der Waals surface area (Å²) in [4.78, 5) is 12.0. The lowest BCUT2D eigenvalue weighted by Crippen LogP contribution is -2.28. The molecule has 0 saturated heterocycles. The van der Waals surface area contributed by atoms with E-state index in [0.29, 0.717) is 12.1 Å². The van der Waals surface area contributed by atoms with Gasteiger partial charge in [0.15, 0.2) is 0 Å². The first-order valence-electron chi connectivity index (χ1n) is 6.53. The molecule has 0 atom stereocenters. The number of carbonyl (C=O) groups excluding carboxylic acids is 1. The van der Waals surface area contributed by atoms with Crippen LogP contribution in [0.2, 0.25) is 5.02 Å². The van der Waals surface area contributed by atoms with Gasteiger partial charge >= 0.3 is 0 Å². The molecular formula is C14H21ClN2O3S. The van der Waals surface area contributed by atoms with Crippen LogP contribution in [0.15, 0.2) is 17.0 Å². The van der Waals surface area contributed by atoms with E-state index in [1.54, 1.807) is 0 Å². The molecule has 1 aromatic rings. The number of nitrogens with one attached hydrogen (secondary N) is 1. The highest BCUT2D eigenvalue weighted by Crippen LogP contribution is 2.24. The van der Waals surface area contributed by atoms with Crippen molar-refractivity contribution in [2.75, 3.05) is 6.54 Å². The second-order valence-electron chi connectivity index (χ2n) is 6.19. The Labute approximate surface area is 130 Å². The molecule has 21 heavy (non-hydrogen) atoms. The topological polar surface area (TPSA) is 89.3 Å². The zero-order chi connectivity index (χ0) is 16.4. The van der Waals surface area contributed by atoms with E-state index in [1.807, 2.05) is 0 Å². The molecule has 0 spiro atoms. The van der Waals surface area contributed by atoms with Gasteiger partial charge < -0.3 is 5.32 Å². The minimum absolute atomic E-state index is 0.0996. The van der Waals surface area contributed by atoms with Gasteiger partial charge in [0.1, 0.15) is 0 Å². The Morgan fingerprint density at radius 2 is 1.90 bits per heavy atom. The predicted octanol–water partition coefficient (Wildman–Crippen LogP) is 2.46. The zero-order valence-corrected chi connectivity index (χ0v) is 14.2. The zero-order valence-electron chi connectivity index (χ0n) is 12.7. The van der Waals surface area contributed by atoms with Gasteiger partial charge in [0.2, 0.25) is 10.0 Å². The summed E-state index contributed by atoms with van der Waals surface area (Å²) in [5.74, 6) is -0.357. The molecule has 0 saturated carbocycles. The van der Waals surface area contributed by atoms with Crippen molar-refractivity contribution in [1.29, 1.82) is 0 Å². The van der Waals surface area contributed by atoms with Crippen LogP contribution in [0.3, 0.4) is 0 Å². The number of halogens is 1. The van der Waals surface area contributed by atoms with E-state index >= 15 is 0 Å². The fourth-order valence-corrected chi connectivity index (χ4v) is 2.94. The van der Waals surface area contributed by atoms with Crippen LogP contribution in [-0.4, -0.2) is 20.9 Å². The molecule has 0 aromatic heterocycles. The number of amides is 1. The molecule has 0 fully saturated rings. The molecule has 1 amide bonds. The molecule has 0 aliphatic heterocycles. The summed E-state index contributed by atoms with van der Waals surface area (Å²) < 4.78 is 23.0. The first-order chi connectivity index (χ1) is 9.42. The highest BCUT2D eigenvalue weighted by molar-refractivity contribution is 7.89. The van der Waals surface area contributed by atoms with Gasteiger partial charge in [-0.3, -0.25) is 4.79 Å². The van der Waals surface area contributed by atoms with Gasteiger partial charge in [0, 0.05) is 17.1 Å². The van der Waals surface area contributed by atoms with Crippen molar-refractivity contribution in [2.45, 2.75) is 39.0 Å². The van der Waals surface area contributed by atoms with Gasteiger partial charge in [0.25, 0.3) is 5.91 Å². The largest absolute Gasteiger partial charge is 0.352 e. The maximum absolute atomic E-state index is 12.2. The summed E-state index contributed by atoms with van der Waals surface area (Å²) in [6, 6.07) is 2.69. The van der Waals surface area contributed by atoms with Crippen LogP contribution in [0.5, 0.6) is 0 Å². The van der Waals surface area contributed by atoms with Gasteiger partial charge in [-0.15, -0.1) is 0 Å². The predicted molar refractivity (Wildman–Crippen MR) is 84.0 cm³/mol. The van der Waals surface area contributed by atoms with E-state index in [2.05, 4.69) is 26.1 Å². The minimum Gasteiger partial charge on any atom is -0.352 e. The monoisotopic (exact) mass is 332 g/mol. The molecule has 0 aliphatic carbocycles. The molecule has 7 heteroatoms. The number of benzene rings is 1. The Morgan fingerprint density at radius 3 is 2.38 bits per heavy atom. The van der Waals surface area contributed by atoms with Crippen LogP contribution in [0.25, 0.3) is 0 Å². The maximum atomic E-state index is 12.2. The molecule has 1 aromatic carbocycles. The van der Waals surface area contributed by atoms with Crippen LogP contribution in [0.1, 0.15) is 43.1 Å². The first kappa shape index (κ1) is 17.9. The average molecular weight is 333 g/mol. The van der Waals surface area contributed by atoms with Crippen molar-refractivity contribution in [3.8, 4) is 0 Å². The molecular weight excluding hydrogens is 312 g/mol. The summed E-state index contributed by atoms with van der Waals surface area (Å²) in [5.41, 5.74) is 0.623. The maximum Gasteiger partial charge on any atom is 0.251 e. The Balaban J connectivity index is 3.03. The Hall–Kier alpha value is -1.11. The molecule has 0 unspecified atom stereocenters. The number of sulfonamides is 1. The summed E-state index contributed by atoms with van der Waals surface area (Å²) >= 11 is 5.88. The smallest absolute Gasteiger partial charge is 0.251 e. The molecule has 118 valence electrons. The van der Waals surface area contributed by atoms with Gasteiger partial charge in [-0.25, -0.2) is 13.6 Å². The molecule has 0 bridgehead atoms. The van der Waals surface area contributed by atoms with Gasteiger partial charge in [-0.05, 0) is 36.5 Å². The fourth-order valence-electron chi connectivity index (χ4n) is 1.83. The number of rotatable bonds is 4. The highest BCUT2D eigenvalue weighted by atomic mass is 35.5. The Kier molecular flexibility index (Phi) is 5.41. The summed E-state index contributed by atoms with van der Waals surface area (Å²) in [7, 11) is -3.92. The van der Waals surface area contributed by atoms with Crippen LogP contribution >= 0.6 is 11.6 Å². The summed E-state index contributed by atoms with van der Waals surface area (Å²) in [5, 5.41) is 8.06. The lowest BCUT2D eigenvalue weighted by atomic mass is 9.92. The molecule has 0 radical (unpaired) electrons. The van der Waals surface area contributed by atoms with Crippen molar-refractivity contribution in [3.05, 3.63) is 28.3 Å². The fraction of sp³-hybridized carbons (Fsp3) is 0.500. The van der Waals surface area contributed by atoms with E-state index in [9.17, 15) is 13.2 Å². The number of hydrogen-bond donors (Lipinski definition) is 2. The van der Waals surface area contributed by atoms with Crippen molar-refractivity contribution in [2.24, 2.45) is 10.6 Å². The van der Waals surface area contributed by atoms with E-state index in [-0.39, 0.29) is 26.8 Å². The highest BCUT2D eigenvalue weighted by Gasteiger charge is 2.20. The molecule has 0 heterocycles. The van der Waals surface area contributed by atoms with Gasteiger partial charge in [0.05, 0.1) is 4.90 Å². The summed E-state index contributed by atoms with van der Waals surface area (Å²) in [6.07, 6.45) is 0.806. The average Bonchev–Trinajstić information content (AvgIpc) is 2.28. The van der Waals surface area contributed by atoms with E-state index < -0.39 is 10.0 Å². The molecule has 1 rings (SSSR count). The second kappa shape index (κ2) is 6.34. The number of hydrogen-bond acceptors (Lipinski definition) is 3. The molecule has 5 nitrogen and oxygen atoms in total. The Morgan fingerprint density at radius 1 is 1.33 bits per heavy atom. The normalized spacial score (nSPS) is 12.3. The van der Waals surface area contributed by atoms with E-state index in [1.165, 1.54) is 19.1 Å². The van der Waals surface area contributed by atoms with Crippen LogP contribution in [-0.2, 0) is 10.0 Å².